The Morgan fingerprint density at radius 3 is 2.26 bits per heavy atom. The Hall–Kier alpha value is -2.60. The molecule has 2 amide bonds. The van der Waals surface area contributed by atoms with Gasteiger partial charge in [0.15, 0.2) is 0 Å². The summed E-state index contributed by atoms with van der Waals surface area (Å²) in [6, 6.07) is 10.6. The number of hydrogen-bond donors (Lipinski definition) is 2. The van der Waals surface area contributed by atoms with Gasteiger partial charge in [0.25, 0.3) is 0 Å². The summed E-state index contributed by atoms with van der Waals surface area (Å²) in [5.74, 6) is 2.14. The zero-order valence-corrected chi connectivity index (χ0v) is 16.3. The molecule has 0 radical (unpaired) electrons. The summed E-state index contributed by atoms with van der Waals surface area (Å²) in [6.07, 6.45) is 2.18. The highest BCUT2D eigenvalue weighted by molar-refractivity contribution is 6.32. The molecule has 1 atom stereocenters. The zero-order valence-electron chi connectivity index (χ0n) is 15.5. The number of nitrogens with one attached hydrogen (secondary N) is 2. The average molecular weight is 391 g/mol. The van der Waals surface area contributed by atoms with E-state index in [9.17, 15) is 4.79 Å². The first-order chi connectivity index (χ1) is 13.0. The topological polar surface area (TPSA) is 68.8 Å². The van der Waals surface area contributed by atoms with Gasteiger partial charge in [0.1, 0.15) is 17.2 Å². The summed E-state index contributed by atoms with van der Waals surface area (Å²) < 4.78 is 15.7. The maximum absolute atomic E-state index is 12.6. The largest absolute Gasteiger partial charge is 0.497 e. The quantitative estimate of drug-likeness (QED) is 0.722. The second kappa shape index (κ2) is 8.39. The van der Waals surface area contributed by atoms with Crippen molar-refractivity contribution in [3.63, 3.8) is 0 Å². The predicted molar refractivity (Wildman–Crippen MR) is 105 cm³/mol. The first-order valence-corrected chi connectivity index (χ1v) is 9.06. The van der Waals surface area contributed by atoms with Crippen LogP contribution in [0.25, 0.3) is 0 Å². The van der Waals surface area contributed by atoms with Crippen LogP contribution in [-0.2, 0) is 0 Å². The molecule has 1 aliphatic rings. The first kappa shape index (κ1) is 19.2. The van der Waals surface area contributed by atoms with Crippen molar-refractivity contribution >= 4 is 23.3 Å². The number of amides is 2. The maximum atomic E-state index is 12.6. The van der Waals surface area contributed by atoms with Gasteiger partial charge in [-0.1, -0.05) is 23.7 Å². The van der Waals surface area contributed by atoms with Gasteiger partial charge in [-0.25, -0.2) is 4.79 Å². The Morgan fingerprint density at radius 2 is 1.70 bits per heavy atom. The smallest absolute Gasteiger partial charge is 0.319 e. The van der Waals surface area contributed by atoms with E-state index in [4.69, 9.17) is 25.8 Å². The number of ether oxygens (including phenoxy) is 3. The third-order valence-corrected chi connectivity index (χ3v) is 4.87. The Morgan fingerprint density at radius 1 is 1.04 bits per heavy atom. The number of methoxy groups -OCH3 is 3. The van der Waals surface area contributed by atoms with Crippen LogP contribution in [0.3, 0.4) is 0 Å². The van der Waals surface area contributed by atoms with Crippen molar-refractivity contribution in [3.05, 3.63) is 47.0 Å². The van der Waals surface area contributed by atoms with E-state index in [1.54, 1.807) is 19.2 Å². The van der Waals surface area contributed by atoms with E-state index < -0.39 is 0 Å². The van der Waals surface area contributed by atoms with Crippen LogP contribution in [0.4, 0.5) is 10.5 Å². The summed E-state index contributed by atoms with van der Waals surface area (Å²) in [7, 11) is 4.67. The van der Waals surface area contributed by atoms with Crippen molar-refractivity contribution in [2.24, 2.45) is 5.92 Å². The van der Waals surface area contributed by atoms with Gasteiger partial charge in [-0.3, -0.25) is 0 Å². The van der Waals surface area contributed by atoms with E-state index in [1.807, 2.05) is 24.3 Å². The van der Waals surface area contributed by atoms with Crippen LogP contribution in [0.15, 0.2) is 36.4 Å². The van der Waals surface area contributed by atoms with Crippen LogP contribution in [0.5, 0.6) is 17.2 Å². The molecule has 2 aromatic rings. The predicted octanol–water partition coefficient (Wildman–Crippen LogP) is 4.64. The Bertz CT molecular complexity index is 806. The average Bonchev–Trinajstić information content (AvgIpc) is 3.52. The maximum Gasteiger partial charge on any atom is 0.319 e. The summed E-state index contributed by atoms with van der Waals surface area (Å²) in [5, 5.41) is 6.31. The number of hydrogen-bond acceptors (Lipinski definition) is 4. The Labute approximate surface area is 163 Å². The molecule has 0 aromatic heterocycles. The molecule has 1 unspecified atom stereocenters. The molecule has 6 nitrogen and oxygen atoms in total. The molecule has 0 aliphatic heterocycles. The van der Waals surface area contributed by atoms with Gasteiger partial charge in [0, 0.05) is 12.1 Å². The molecule has 0 saturated heterocycles. The van der Waals surface area contributed by atoms with Crippen LogP contribution in [0.2, 0.25) is 5.02 Å². The van der Waals surface area contributed by atoms with Crippen LogP contribution in [-0.4, -0.2) is 27.4 Å². The number of anilines is 1. The fraction of sp³-hybridized carbons (Fsp3) is 0.350. The number of carbonyl (C=O) groups is 1. The molecule has 27 heavy (non-hydrogen) atoms. The van der Waals surface area contributed by atoms with Crippen LogP contribution >= 0.6 is 11.6 Å². The second-order valence-corrected chi connectivity index (χ2v) is 6.78. The SMILES string of the molecule is COc1ccc(C(NC(=O)Nc2cc(OC)c(Cl)cc2OC)C2CC2)cc1. The fourth-order valence-corrected chi connectivity index (χ4v) is 3.20. The fourth-order valence-electron chi connectivity index (χ4n) is 2.97. The van der Waals surface area contributed by atoms with E-state index in [2.05, 4.69) is 10.6 Å². The van der Waals surface area contributed by atoms with Crippen molar-refractivity contribution in [2.45, 2.75) is 18.9 Å². The molecule has 1 saturated carbocycles. The summed E-state index contributed by atoms with van der Waals surface area (Å²) in [5.41, 5.74) is 1.54. The van der Waals surface area contributed by atoms with Crippen molar-refractivity contribution in [2.75, 3.05) is 26.6 Å². The lowest BCUT2D eigenvalue weighted by molar-refractivity contribution is 0.247. The minimum atomic E-state index is -0.314. The second-order valence-electron chi connectivity index (χ2n) is 6.37. The van der Waals surface area contributed by atoms with Crippen molar-refractivity contribution in [3.8, 4) is 17.2 Å². The minimum absolute atomic E-state index is 0.0592. The summed E-state index contributed by atoms with van der Waals surface area (Å²) >= 11 is 6.11. The highest BCUT2D eigenvalue weighted by atomic mass is 35.5. The lowest BCUT2D eigenvalue weighted by Crippen LogP contribution is -2.33. The summed E-state index contributed by atoms with van der Waals surface area (Å²) in [6.45, 7) is 0. The zero-order chi connectivity index (χ0) is 19.4. The van der Waals surface area contributed by atoms with Gasteiger partial charge in [-0.2, -0.15) is 0 Å². The van der Waals surface area contributed by atoms with Crippen LogP contribution in [0, 0.1) is 5.92 Å². The molecule has 2 aromatic carbocycles. The lowest BCUT2D eigenvalue weighted by Gasteiger charge is -2.20. The normalized spacial score (nSPS) is 14.2. The van der Waals surface area contributed by atoms with Gasteiger partial charge in [-0.15, -0.1) is 0 Å². The number of carbonyl (C=O) groups excluding carboxylic acids is 1. The van der Waals surface area contributed by atoms with E-state index in [0.717, 1.165) is 24.2 Å². The van der Waals surface area contributed by atoms with Gasteiger partial charge in [0.05, 0.1) is 38.1 Å². The van der Waals surface area contributed by atoms with Gasteiger partial charge >= 0.3 is 6.03 Å². The van der Waals surface area contributed by atoms with Gasteiger partial charge < -0.3 is 24.8 Å². The van der Waals surface area contributed by atoms with Gasteiger partial charge in [-0.05, 0) is 36.5 Å². The molecule has 144 valence electrons. The van der Waals surface area contributed by atoms with E-state index in [1.165, 1.54) is 14.2 Å². The summed E-state index contributed by atoms with van der Waals surface area (Å²) in [4.78, 5) is 12.6. The lowest BCUT2D eigenvalue weighted by atomic mass is 10.0. The molecule has 2 N–H and O–H groups in total. The first-order valence-electron chi connectivity index (χ1n) is 8.68. The molecule has 3 rings (SSSR count). The third-order valence-electron chi connectivity index (χ3n) is 4.58. The number of benzene rings is 2. The van der Waals surface area contributed by atoms with Crippen molar-refractivity contribution in [1.82, 2.24) is 5.32 Å². The van der Waals surface area contributed by atoms with E-state index in [-0.39, 0.29) is 12.1 Å². The van der Waals surface area contributed by atoms with Crippen LogP contribution in [0.1, 0.15) is 24.4 Å². The standard InChI is InChI=1S/C20H23ClN2O4/c1-25-14-8-6-13(7-9-14)19(12-4-5-12)23-20(24)22-16-11-17(26-2)15(21)10-18(16)27-3/h6-12,19H,4-5H2,1-3H3,(H2,22,23,24). The molecule has 1 fully saturated rings. The van der Waals surface area contributed by atoms with Crippen molar-refractivity contribution in [1.29, 1.82) is 0 Å². The monoisotopic (exact) mass is 390 g/mol. The van der Waals surface area contributed by atoms with Gasteiger partial charge in [0.2, 0.25) is 0 Å². The molecule has 7 heteroatoms. The molecule has 0 heterocycles. The Balaban J connectivity index is 1.75. The van der Waals surface area contributed by atoms with Crippen LogP contribution < -0.4 is 24.8 Å². The molecule has 0 bridgehead atoms. The third kappa shape index (κ3) is 4.57. The van der Waals surface area contributed by atoms with E-state index >= 15 is 0 Å². The number of urea groups is 1. The number of rotatable bonds is 7. The molecule has 1 aliphatic carbocycles. The highest BCUT2D eigenvalue weighted by Crippen LogP contribution is 2.41. The number of halogens is 1. The molecule has 0 spiro atoms. The minimum Gasteiger partial charge on any atom is -0.497 e. The highest BCUT2D eigenvalue weighted by Gasteiger charge is 2.33. The Kier molecular flexibility index (Phi) is 5.96. The van der Waals surface area contributed by atoms with Crippen molar-refractivity contribution < 1.29 is 19.0 Å². The van der Waals surface area contributed by atoms with E-state index in [0.29, 0.717) is 28.1 Å². The molecular weight excluding hydrogens is 368 g/mol. The molecular formula is C20H23ClN2O4.